The van der Waals surface area contributed by atoms with E-state index >= 15 is 0 Å². The molecule has 0 atom stereocenters. The number of unbranched alkanes of at least 4 members (excludes halogenated alkanes) is 1. The molecule has 6 heteroatoms. The lowest BCUT2D eigenvalue weighted by Gasteiger charge is -2.10. The first-order valence-corrected chi connectivity index (χ1v) is 9.35. The van der Waals surface area contributed by atoms with Gasteiger partial charge in [-0.05, 0) is 71.3 Å². The van der Waals surface area contributed by atoms with E-state index in [9.17, 15) is 4.79 Å². The minimum atomic E-state index is 0.0406. The number of aryl methyl sites for hydroxylation is 2. The van der Waals surface area contributed by atoms with Gasteiger partial charge in [0.1, 0.15) is 10.7 Å². The quantitative estimate of drug-likeness (QED) is 0.763. The number of aromatic nitrogens is 2. The van der Waals surface area contributed by atoms with Crippen molar-refractivity contribution in [3.63, 3.8) is 0 Å². The summed E-state index contributed by atoms with van der Waals surface area (Å²) in [5.74, 6) is 0.758. The SMILES string of the molecule is CN(C)CCCCNCc1nc2sc3c(c2c(=O)[nH]1)CCCC3. The van der Waals surface area contributed by atoms with E-state index in [1.54, 1.807) is 11.3 Å². The van der Waals surface area contributed by atoms with Crippen LogP contribution in [-0.2, 0) is 19.4 Å². The molecule has 0 saturated carbocycles. The number of fused-ring (bicyclic) bond motifs is 3. The molecule has 0 aromatic carbocycles. The van der Waals surface area contributed by atoms with Gasteiger partial charge in [0.2, 0.25) is 0 Å². The van der Waals surface area contributed by atoms with E-state index in [2.05, 4.69) is 34.3 Å². The van der Waals surface area contributed by atoms with E-state index in [0.29, 0.717) is 6.54 Å². The Balaban J connectivity index is 1.63. The third-order valence-corrected chi connectivity index (χ3v) is 5.56. The molecule has 2 heterocycles. The van der Waals surface area contributed by atoms with E-state index in [1.807, 2.05) is 0 Å². The van der Waals surface area contributed by atoms with Crippen LogP contribution in [0.4, 0.5) is 0 Å². The summed E-state index contributed by atoms with van der Waals surface area (Å²) in [5.41, 5.74) is 1.30. The second-order valence-electron chi connectivity index (χ2n) is 6.59. The largest absolute Gasteiger partial charge is 0.310 e. The van der Waals surface area contributed by atoms with Gasteiger partial charge in [-0.15, -0.1) is 11.3 Å². The number of hydrogen-bond acceptors (Lipinski definition) is 5. The summed E-state index contributed by atoms with van der Waals surface area (Å²) in [4.78, 5) is 24.6. The van der Waals surface area contributed by atoms with Gasteiger partial charge in [-0.25, -0.2) is 4.98 Å². The van der Waals surface area contributed by atoms with Gasteiger partial charge in [-0.2, -0.15) is 0 Å². The summed E-state index contributed by atoms with van der Waals surface area (Å²) in [6.45, 7) is 2.70. The van der Waals surface area contributed by atoms with Crippen molar-refractivity contribution < 1.29 is 0 Å². The van der Waals surface area contributed by atoms with Gasteiger partial charge in [0, 0.05) is 4.88 Å². The summed E-state index contributed by atoms with van der Waals surface area (Å²) in [6.07, 6.45) is 6.88. The van der Waals surface area contributed by atoms with Gasteiger partial charge >= 0.3 is 0 Å². The van der Waals surface area contributed by atoms with Crippen LogP contribution >= 0.6 is 11.3 Å². The molecule has 126 valence electrons. The Kier molecular flexibility index (Phi) is 5.46. The van der Waals surface area contributed by atoms with Crippen molar-refractivity contribution >= 4 is 21.6 Å². The number of H-pyrrole nitrogens is 1. The van der Waals surface area contributed by atoms with E-state index in [0.717, 1.165) is 48.4 Å². The smallest absolute Gasteiger partial charge is 0.259 e. The Labute approximate surface area is 141 Å². The highest BCUT2D eigenvalue weighted by Crippen LogP contribution is 2.33. The van der Waals surface area contributed by atoms with Crippen molar-refractivity contribution in [2.24, 2.45) is 0 Å². The lowest BCUT2D eigenvalue weighted by atomic mass is 9.97. The molecule has 0 fully saturated rings. The van der Waals surface area contributed by atoms with Crippen LogP contribution in [0.5, 0.6) is 0 Å². The van der Waals surface area contributed by atoms with Crippen LogP contribution in [-0.4, -0.2) is 42.1 Å². The second kappa shape index (κ2) is 7.55. The minimum absolute atomic E-state index is 0.0406. The normalized spacial score (nSPS) is 14.6. The van der Waals surface area contributed by atoms with Crippen molar-refractivity contribution in [2.75, 3.05) is 27.2 Å². The van der Waals surface area contributed by atoms with Crippen molar-refractivity contribution in [3.8, 4) is 0 Å². The van der Waals surface area contributed by atoms with Crippen molar-refractivity contribution in [2.45, 2.75) is 45.1 Å². The Morgan fingerprint density at radius 2 is 2.09 bits per heavy atom. The Bertz CT molecular complexity index is 719. The molecule has 2 N–H and O–H groups in total. The molecule has 0 spiro atoms. The zero-order valence-corrected chi connectivity index (χ0v) is 14.9. The molecule has 1 aliphatic rings. The molecule has 0 radical (unpaired) electrons. The first-order chi connectivity index (χ1) is 11.1. The van der Waals surface area contributed by atoms with Crippen LogP contribution in [0, 0.1) is 0 Å². The maximum atomic E-state index is 12.4. The molecular weight excluding hydrogens is 308 g/mol. The average Bonchev–Trinajstić information content (AvgIpc) is 2.89. The molecule has 1 aliphatic carbocycles. The lowest BCUT2D eigenvalue weighted by molar-refractivity contribution is 0.391. The molecule has 23 heavy (non-hydrogen) atoms. The van der Waals surface area contributed by atoms with E-state index in [-0.39, 0.29) is 5.56 Å². The maximum absolute atomic E-state index is 12.4. The monoisotopic (exact) mass is 334 g/mol. The summed E-state index contributed by atoms with van der Waals surface area (Å²) in [6, 6.07) is 0. The van der Waals surface area contributed by atoms with Crippen LogP contribution in [0.1, 0.15) is 41.9 Å². The summed E-state index contributed by atoms with van der Waals surface area (Å²) in [7, 11) is 4.19. The third kappa shape index (κ3) is 4.00. The molecule has 0 unspecified atom stereocenters. The van der Waals surface area contributed by atoms with Crippen LogP contribution in [0.2, 0.25) is 0 Å². The number of aromatic amines is 1. The molecule has 0 aliphatic heterocycles. The van der Waals surface area contributed by atoms with E-state index in [1.165, 1.54) is 29.7 Å². The summed E-state index contributed by atoms with van der Waals surface area (Å²) in [5, 5.41) is 4.23. The first-order valence-electron chi connectivity index (χ1n) is 8.54. The first kappa shape index (κ1) is 16.6. The third-order valence-electron chi connectivity index (χ3n) is 4.38. The second-order valence-corrected chi connectivity index (χ2v) is 7.67. The molecule has 5 nitrogen and oxygen atoms in total. The van der Waals surface area contributed by atoms with Gasteiger partial charge in [-0.3, -0.25) is 4.79 Å². The van der Waals surface area contributed by atoms with Gasteiger partial charge in [0.25, 0.3) is 5.56 Å². The van der Waals surface area contributed by atoms with Gasteiger partial charge in [0.05, 0.1) is 11.9 Å². The Morgan fingerprint density at radius 1 is 1.26 bits per heavy atom. The van der Waals surface area contributed by atoms with E-state index < -0.39 is 0 Å². The number of hydrogen-bond donors (Lipinski definition) is 2. The highest BCUT2D eigenvalue weighted by Gasteiger charge is 2.19. The minimum Gasteiger partial charge on any atom is -0.310 e. The van der Waals surface area contributed by atoms with Gasteiger partial charge in [0.15, 0.2) is 0 Å². The highest BCUT2D eigenvalue weighted by atomic mass is 32.1. The predicted octanol–water partition coefficient (Wildman–Crippen LogP) is 2.29. The van der Waals surface area contributed by atoms with E-state index in [4.69, 9.17) is 0 Å². The van der Waals surface area contributed by atoms with Crippen molar-refractivity contribution in [1.29, 1.82) is 0 Å². The zero-order chi connectivity index (χ0) is 16.2. The topological polar surface area (TPSA) is 61.0 Å². The van der Waals surface area contributed by atoms with Gasteiger partial charge < -0.3 is 15.2 Å². The van der Waals surface area contributed by atoms with Crippen molar-refractivity contribution in [1.82, 2.24) is 20.2 Å². The predicted molar refractivity (Wildman–Crippen MR) is 96.4 cm³/mol. The fraction of sp³-hybridized carbons (Fsp3) is 0.647. The van der Waals surface area contributed by atoms with Crippen LogP contribution in [0.15, 0.2) is 4.79 Å². The Hall–Kier alpha value is -1.24. The van der Waals surface area contributed by atoms with Crippen LogP contribution < -0.4 is 10.9 Å². The van der Waals surface area contributed by atoms with Crippen LogP contribution in [0.25, 0.3) is 10.2 Å². The van der Waals surface area contributed by atoms with Crippen LogP contribution in [0.3, 0.4) is 0 Å². The average molecular weight is 334 g/mol. The number of nitrogens with zero attached hydrogens (tertiary/aromatic N) is 2. The van der Waals surface area contributed by atoms with Crippen molar-refractivity contribution in [3.05, 3.63) is 26.6 Å². The van der Waals surface area contributed by atoms with Gasteiger partial charge in [-0.1, -0.05) is 0 Å². The fourth-order valence-corrected chi connectivity index (χ4v) is 4.46. The molecule has 2 aromatic rings. The summed E-state index contributed by atoms with van der Waals surface area (Å²) < 4.78 is 0. The molecule has 0 amide bonds. The summed E-state index contributed by atoms with van der Waals surface area (Å²) >= 11 is 1.71. The number of rotatable bonds is 7. The number of nitrogens with one attached hydrogen (secondary N) is 2. The Morgan fingerprint density at radius 3 is 2.91 bits per heavy atom. The molecule has 0 bridgehead atoms. The zero-order valence-electron chi connectivity index (χ0n) is 14.1. The highest BCUT2D eigenvalue weighted by molar-refractivity contribution is 7.18. The standard InChI is InChI=1S/C17H26N4OS/c1-21(2)10-6-5-9-18-11-14-19-16(22)15-12-7-3-4-8-13(12)23-17(15)20-14/h18H,3-11H2,1-2H3,(H,19,20,22). The molecule has 0 saturated heterocycles. The fourth-order valence-electron chi connectivity index (χ4n) is 3.18. The lowest BCUT2D eigenvalue weighted by Crippen LogP contribution is -2.21. The maximum Gasteiger partial charge on any atom is 0.259 e. The molecule has 3 rings (SSSR count). The molecular formula is C17H26N4OS. The number of thiophene rings is 1. The molecule has 2 aromatic heterocycles.